The summed E-state index contributed by atoms with van der Waals surface area (Å²) >= 11 is 0. The number of ether oxygens (including phenoxy) is 1. The fourth-order valence-electron chi connectivity index (χ4n) is 12.6. The van der Waals surface area contributed by atoms with Crippen LogP contribution in [-0.2, 0) is 9.53 Å². The van der Waals surface area contributed by atoms with Crippen molar-refractivity contribution in [3.8, 4) is 0 Å². The van der Waals surface area contributed by atoms with Crippen molar-refractivity contribution in [2.45, 2.75) is 138 Å². The lowest BCUT2D eigenvalue weighted by molar-refractivity contribution is -0.182. The first-order valence-corrected chi connectivity index (χ1v) is 16.2. The third kappa shape index (κ3) is 3.57. The molecule has 3 unspecified atom stereocenters. The number of carbonyl (C=O) groups excluding carboxylic acids is 1. The topological polar surface area (TPSA) is 70.0 Å². The van der Waals surface area contributed by atoms with Gasteiger partial charge in [0.2, 0.25) is 5.91 Å². The number of carbonyl (C=O) groups is 1. The summed E-state index contributed by atoms with van der Waals surface area (Å²) in [6.45, 7) is 21.6. The standard InChI is InChI=1S/C34H57NO4/c1-20-16-22(17-35(21(2)36)19-29(3,4)5)39-27-26(20)31(8)14-15-34-18-33(34)13-12-25(37)30(6,7)23(33)10-11-24(34)32(31,9)28(27)38/h20,22-28,37-38H,10-19H2,1-9H3/t20-,22?,23+,24?,25+,26+,27?,28+,31-,32-,33-,34+/m1/s1. The van der Waals surface area contributed by atoms with E-state index in [0.29, 0.717) is 41.0 Å². The summed E-state index contributed by atoms with van der Waals surface area (Å²) in [5.41, 5.74) is 0.607. The van der Waals surface area contributed by atoms with Crippen molar-refractivity contribution in [2.24, 2.45) is 56.2 Å². The number of rotatable bonds is 3. The van der Waals surface area contributed by atoms with Gasteiger partial charge in [-0.15, -0.1) is 0 Å². The molecule has 5 saturated carbocycles. The first kappa shape index (κ1) is 28.5. The van der Waals surface area contributed by atoms with Crippen molar-refractivity contribution in [3.05, 3.63) is 0 Å². The van der Waals surface area contributed by atoms with Crippen LogP contribution in [0, 0.1) is 56.2 Å². The van der Waals surface area contributed by atoms with E-state index in [9.17, 15) is 15.0 Å². The van der Waals surface area contributed by atoms with E-state index in [1.165, 1.54) is 32.1 Å². The number of aliphatic hydroxyl groups is 2. The Kier molecular flexibility index (Phi) is 6.18. The average molecular weight is 544 g/mol. The third-order valence-corrected chi connectivity index (χ3v) is 14.4. The molecule has 1 aliphatic heterocycles. The molecule has 5 heteroatoms. The molecule has 1 heterocycles. The van der Waals surface area contributed by atoms with Crippen LogP contribution in [0.5, 0.6) is 0 Å². The summed E-state index contributed by atoms with van der Waals surface area (Å²) in [5, 5.41) is 23.3. The van der Waals surface area contributed by atoms with Gasteiger partial charge in [-0.25, -0.2) is 0 Å². The van der Waals surface area contributed by atoms with Gasteiger partial charge < -0.3 is 19.8 Å². The number of fused-ring (bicyclic) bond motifs is 4. The molecule has 6 aliphatic rings. The number of nitrogens with zero attached hydrogens (tertiary/aromatic N) is 1. The van der Waals surface area contributed by atoms with Crippen LogP contribution < -0.4 is 0 Å². The number of hydrogen-bond acceptors (Lipinski definition) is 4. The highest BCUT2D eigenvalue weighted by molar-refractivity contribution is 5.73. The zero-order valence-corrected chi connectivity index (χ0v) is 26.3. The number of amides is 1. The van der Waals surface area contributed by atoms with Crippen LogP contribution in [0.15, 0.2) is 0 Å². The highest BCUT2D eigenvalue weighted by Gasteiger charge is 2.84. The molecule has 222 valence electrons. The van der Waals surface area contributed by atoms with Gasteiger partial charge in [-0.1, -0.05) is 55.4 Å². The Labute approximate surface area is 237 Å². The molecule has 5 aliphatic carbocycles. The van der Waals surface area contributed by atoms with Gasteiger partial charge in [0.25, 0.3) is 0 Å². The summed E-state index contributed by atoms with van der Waals surface area (Å²) in [4.78, 5) is 14.5. The number of hydrogen-bond donors (Lipinski definition) is 2. The summed E-state index contributed by atoms with van der Waals surface area (Å²) in [7, 11) is 0. The first-order valence-electron chi connectivity index (χ1n) is 16.2. The maximum Gasteiger partial charge on any atom is 0.219 e. The molecular weight excluding hydrogens is 486 g/mol. The molecule has 6 rings (SSSR count). The minimum atomic E-state index is -0.468. The first-order chi connectivity index (χ1) is 17.9. The predicted octanol–water partition coefficient (Wildman–Crippen LogP) is 6.06. The van der Waals surface area contributed by atoms with Crippen LogP contribution in [0.25, 0.3) is 0 Å². The van der Waals surface area contributed by atoms with Crippen molar-refractivity contribution in [3.63, 3.8) is 0 Å². The van der Waals surface area contributed by atoms with Crippen molar-refractivity contribution < 1.29 is 19.7 Å². The Balaban J connectivity index is 1.29. The Morgan fingerprint density at radius 3 is 2.26 bits per heavy atom. The molecule has 1 amide bonds. The minimum absolute atomic E-state index is 0.0167. The third-order valence-electron chi connectivity index (χ3n) is 14.4. The SMILES string of the molecule is CC(=O)N(CC1C[C@@H](C)[C@H]2C(O1)[C@H](O)[C@@]1(C)C3CC[C@H]4C(C)(C)[C@@H](O)CC[C@@]45C[C@@]35CC[C@]21C)CC(C)(C)C. The largest absolute Gasteiger partial charge is 0.393 e. The van der Waals surface area contributed by atoms with Crippen LogP contribution in [0.4, 0.5) is 0 Å². The van der Waals surface area contributed by atoms with E-state index < -0.39 is 6.10 Å². The highest BCUT2D eigenvalue weighted by atomic mass is 16.5. The maximum atomic E-state index is 12.6. The lowest BCUT2D eigenvalue weighted by Gasteiger charge is -2.63. The molecule has 0 aromatic rings. The zero-order valence-electron chi connectivity index (χ0n) is 26.3. The van der Waals surface area contributed by atoms with Gasteiger partial charge in [0.15, 0.2) is 0 Å². The normalized spacial score (nSPS) is 53.5. The minimum Gasteiger partial charge on any atom is -0.393 e. The quantitative estimate of drug-likeness (QED) is 0.454. The second-order valence-electron chi connectivity index (χ2n) is 17.6. The van der Waals surface area contributed by atoms with Crippen molar-refractivity contribution in [1.29, 1.82) is 0 Å². The Morgan fingerprint density at radius 2 is 1.62 bits per heavy atom. The van der Waals surface area contributed by atoms with Crippen molar-refractivity contribution >= 4 is 5.91 Å². The van der Waals surface area contributed by atoms with E-state index in [1.54, 1.807) is 6.92 Å². The molecule has 2 spiro atoms. The molecule has 1 saturated heterocycles. The van der Waals surface area contributed by atoms with E-state index in [0.717, 1.165) is 25.8 Å². The highest BCUT2D eigenvalue weighted by Crippen LogP contribution is 2.89. The molecule has 12 atom stereocenters. The fraction of sp³-hybridized carbons (Fsp3) is 0.971. The van der Waals surface area contributed by atoms with Gasteiger partial charge in [-0.3, -0.25) is 4.79 Å². The Morgan fingerprint density at radius 1 is 0.974 bits per heavy atom. The van der Waals surface area contributed by atoms with Gasteiger partial charge in [-0.2, -0.15) is 0 Å². The summed E-state index contributed by atoms with van der Waals surface area (Å²) < 4.78 is 6.91. The molecule has 6 fully saturated rings. The second kappa shape index (κ2) is 8.47. The van der Waals surface area contributed by atoms with Crippen LogP contribution in [0.1, 0.15) is 114 Å². The monoisotopic (exact) mass is 543 g/mol. The van der Waals surface area contributed by atoms with E-state index in [-0.39, 0.29) is 45.9 Å². The van der Waals surface area contributed by atoms with Gasteiger partial charge in [0.05, 0.1) is 24.4 Å². The van der Waals surface area contributed by atoms with Crippen molar-refractivity contribution in [1.82, 2.24) is 4.90 Å². The van der Waals surface area contributed by atoms with Gasteiger partial charge in [-0.05, 0) is 102 Å². The van der Waals surface area contributed by atoms with Gasteiger partial charge in [0, 0.05) is 25.4 Å². The summed E-state index contributed by atoms with van der Waals surface area (Å²) in [6, 6.07) is 0. The molecule has 0 bridgehead atoms. The fourth-order valence-corrected chi connectivity index (χ4v) is 12.6. The average Bonchev–Trinajstić information content (AvgIpc) is 3.45. The molecule has 39 heavy (non-hydrogen) atoms. The van der Waals surface area contributed by atoms with Crippen molar-refractivity contribution in [2.75, 3.05) is 13.1 Å². The lowest BCUT2D eigenvalue weighted by Crippen LogP contribution is -2.59. The van der Waals surface area contributed by atoms with E-state index in [1.807, 2.05) is 4.90 Å². The molecule has 5 nitrogen and oxygen atoms in total. The predicted molar refractivity (Wildman–Crippen MR) is 154 cm³/mol. The van der Waals surface area contributed by atoms with Crippen LogP contribution in [0.3, 0.4) is 0 Å². The summed E-state index contributed by atoms with van der Waals surface area (Å²) in [6.07, 6.45) is 8.35. The van der Waals surface area contributed by atoms with Gasteiger partial charge >= 0.3 is 0 Å². The van der Waals surface area contributed by atoms with E-state index >= 15 is 0 Å². The summed E-state index contributed by atoms with van der Waals surface area (Å²) in [5.74, 6) is 2.05. The van der Waals surface area contributed by atoms with Crippen LogP contribution >= 0.6 is 0 Å². The molecule has 0 radical (unpaired) electrons. The van der Waals surface area contributed by atoms with E-state index in [4.69, 9.17) is 4.74 Å². The molecule has 0 aromatic carbocycles. The number of aliphatic hydroxyl groups excluding tert-OH is 2. The molecule has 2 N–H and O–H groups in total. The van der Waals surface area contributed by atoms with Gasteiger partial charge in [0.1, 0.15) is 0 Å². The maximum absolute atomic E-state index is 12.6. The van der Waals surface area contributed by atoms with Crippen LogP contribution in [0.2, 0.25) is 0 Å². The second-order valence-corrected chi connectivity index (χ2v) is 17.6. The molecule has 0 aromatic heterocycles. The Bertz CT molecular complexity index is 1020. The Hall–Kier alpha value is -0.650. The van der Waals surface area contributed by atoms with E-state index in [2.05, 4.69) is 55.4 Å². The smallest absolute Gasteiger partial charge is 0.219 e. The lowest BCUT2D eigenvalue weighted by atomic mass is 9.41. The molecular formula is C34H57NO4. The zero-order chi connectivity index (χ0) is 28.6. The van der Waals surface area contributed by atoms with Crippen LogP contribution in [-0.4, -0.2) is 58.5 Å².